The van der Waals surface area contributed by atoms with E-state index in [0.717, 1.165) is 5.70 Å². The van der Waals surface area contributed by atoms with Gasteiger partial charge < -0.3 is 5.32 Å². The molecule has 0 spiro atoms. The van der Waals surface area contributed by atoms with Crippen LogP contribution in [0.3, 0.4) is 0 Å². The monoisotopic (exact) mass is 155 g/mol. The summed E-state index contributed by atoms with van der Waals surface area (Å²) in [5, 5.41) is 5.28. The van der Waals surface area contributed by atoms with Gasteiger partial charge in [0, 0.05) is 19.7 Å². The highest BCUT2D eigenvalue weighted by molar-refractivity contribution is 5.96. The lowest BCUT2D eigenvalue weighted by Crippen LogP contribution is -2.38. The Morgan fingerprint density at radius 2 is 1.91 bits per heavy atom. The van der Waals surface area contributed by atoms with Crippen LogP contribution in [0.2, 0.25) is 0 Å². The van der Waals surface area contributed by atoms with Crippen molar-refractivity contribution in [3.63, 3.8) is 0 Å². The number of hydrogen-bond donors (Lipinski definition) is 2. The Kier molecular flexibility index (Phi) is 3.95. The molecule has 0 aliphatic rings. The van der Waals surface area contributed by atoms with Crippen LogP contribution in [-0.2, 0) is 4.79 Å². The minimum atomic E-state index is -0.153. The molecular formula is C7H13N3O. The Morgan fingerprint density at radius 3 is 2.18 bits per heavy atom. The van der Waals surface area contributed by atoms with Crippen LogP contribution in [-0.4, -0.2) is 18.9 Å². The molecule has 0 saturated carbocycles. The van der Waals surface area contributed by atoms with E-state index in [1.165, 1.54) is 6.92 Å². The third kappa shape index (κ3) is 5.14. The molecule has 0 aliphatic heterocycles. The molecule has 0 aliphatic carbocycles. The molecule has 0 aromatic heterocycles. The number of guanidine groups is 1. The number of hydrogen-bond acceptors (Lipinski definition) is 2. The van der Waals surface area contributed by atoms with Crippen molar-refractivity contribution in [1.29, 1.82) is 0 Å². The van der Waals surface area contributed by atoms with Gasteiger partial charge >= 0.3 is 0 Å². The number of allylic oxidation sites excluding steroid dienone is 1. The summed E-state index contributed by atoms with van der Waals surface area (Å²) in [5.74, 6) is 0.268. The number of carbonyl (C=O) groups is 1. The maximum atomic E-state index is 10.5. The maximum Gasteiger partial charge on any atom is 0.223 e. The van der Waals surface area contributed by atoms with Gasteiger partial charge in [-0.2, -0.15) is 0 Å². The highest BCUT2D eigenvalue weighted by atomic mass is 16.1. The molecule has 62 valence electrons. The molecule has 1 amide bonds. The topological polar surface area (TPSA) is 53.5 Å². The molecule has 0 aromatic rings. The fourth-order valence-corrected chi connectivity index (χ4v) is 0.512. The normalized spacial score (nSPS) is 10.6. The Bertz CT molecular complexity index is 178. The third-order valence-electron chi connectivity index (χ3n) is 0.850. The van der Waals surface area contributed by atoms with E-state index in [2.05, 4.69) is 22.2 Å². The van der Waals surface area contributed by atoms with Crippen LogP contribution >= 0.6 is 0 Å². The lowest BCUT2D eigenvalue weighted by Gasteiger charge is -2.07. The van der Waals surface area contributed by atoms with Crippen molar-refractivity contribution >= 4 is 11.9 Å². The van der Waals surface area contributed by atoms with Crippen molar-refractivity contribution < 1.29 is 4.79 Å². The molecule has 0 unspecified atom stereocenters. The second kappa shape index (κ2) is 4.49. The summed E-state index contributed by atoms with van der Waals surface area (Å²) in [7, 11) is 1.58. The third-order valence-corrected chi connectivity index (χ3v) is 0.850. The van der Waals surface area contributed by atoms with E-state index in [9.17, 15) is 4.79 Å². The first-order chi connectivity index (χ1) is 5.06. The van der Waals surface area contributed by atoms with E-state index in [4.69, 9.17) is 0 Å². The number of nitrogens with zero attached hydrogens (tertiary/aromatic N) is 1. The molecule has 0 fully saturated rings. The Balaban J connectivity index is 3.99. The van der Waals surface area contributed by atoms with Crippen LogP contribution in [0.15, 0.2) is 17.3 Å². The number of aliphatic imine (C=N–C) groups is 1. The predicted octanol–water partition coefficient (Wildman–Crippen LogP) is 0.231. The second-order valence-electron chi connectivity index (χ2n) is 2.16. The van der Waals surface area contributed by atoms with Crippen LogP contribution < -0.4 is 10.6 Å². The van der Waals surface area contributed by atoms with Crippen molar-refractivity contribution in [3.8, 4) is 0 Å². The van der Waals surface area contributed by atoms with Gasteiger partial charge in [-0.05, 0) is 6.92 Å². The molecule has 0 atom stereocenters. The van der Waals surface area contributed by atoms with Gasteiger partial charge in [0.1, 0.15) is 0 Å². The predicted molar refractivity (Wildman–Crippen MR) is 45.1 cm³/mol. The van der Waals surface area contributed by atoms with Gasteiger partial charge in [0.25, 0.3) is 0 Å². The van der Waals surface area contributed by atoms with Crippen molar-refractivity contribution in [2.75, 3.05) is 7.05 Å². The van der Waals surface area contributed by atoms with Crippen molar-refractivity contribution in [2.45, 2.75) is 13.8 Å². The van der Waals surface area contributed by atoms with Crippen LogP contribution in [0.4, 0.5) is 0 Å². The number of nitrogens with one attached hydrogen (secondary N) is 2. The van der Waals surface area contributed by atoms with Crippen molar-refractivity contribution in [1.82, 2.24) is 10.6 Å². The molecular weight excluding hydrogens is 142 g/mol. The summed E-state index contributed by atoms with van der Waals surface area (Å²) in [6.07, 6.45) is 0. The van der Waals surface area contributed by atoms with Crippen molar-refractivity contribution in [3.05, 3.63) is 12.3 Å². The maximum absolute atomic E-state index is 10.5. The van der Waals surface area contributed by atoms with E-state index in [1.54, 1.807) is 14.0 Å². The summed E-state index contributed by atoms with van der Waals surface area (Å²) in [5.41, 5.74) is 0.736. The zero-order valence-corrected chi connectivity index (χ0v) is 7.06. The molecule has 2 N–H and O–H groups in total. The minimum Gasteiger partial charge on any atom is -0.331 e. The van der Waals surface area contributed by atoms with Gasteiger partial charge in [-0.1, -0.05) is 6.58 Å². The first kappa shape index (κ1) is 9.68. The SMILES string of the molecule is C=C(C)NC(=NC)NC(C)=O. The molecule has 4 heteroatoms. The largest absolute Gasteiger partial charge is 0.331 e. The molecule has 0 rings (SSSR count). The summed E-state index contributed by atoms with van der Waals surface area (Å²) >= 11 is 0. The van der Waals surface area contributed by atoms with Crippen LogP contribution in [0.1, 0.15) is 13.8 Å². The molecule has 11 heavy (non-hydrogen) atoms. The lowest BCUT2D eigenvalue weighted by molar-refractivity contribution is -0.117. The molecule has 4 nitrogen and oxygen atoms in total. The van der Waals surface area contributed by atoms with Gasteiger partial charge in [0.2, 0.25) is 11.9 Å². The fraction of sp³-hybridized carbons (Fsp3) is 0.429. The van der Waals surface area contributed by atoms with E-state index >= 15 is 0 Å². The van der Waals surface area contributed by atoms with Gasteiger partial charge in [-0.3, -0.25) is 15.1 Å². The zero-order chi connectivity index (χ0) is 8.85. The Morgan fingerprint density at radius 1 is 1.36 bits per heavy atom. The summed E-state index contributed by atoms with van der Waals surface area (Å²) in [4.78, 5) is 14.3. The Labute approximate surface area is 66.4 Å². The average Bonchev–Trinajstić information content (AvgIpc) is 1.84. The van der Waals surface area contributed by atoms with Crippen LogP contribution in [0.25, 0.3) is 0 Å². The van der Waals surface area contributed by atoms with Gasteiger partial charge in [0.05, 0.1) is 0 Å². The molecule has 0 bridgehead atoms. The number of carbonyl (C=O) groups excluding carboxylic acids is 1. The molecule has 0 heterocycles. The van der Waals surface area contributed by atoms with Gasteiger partial charge in [-0.25, -0.2) is 0 Å². The molecule has 0 saturated heterocycles. The first-order valence-corrected chi connectivity index (χ1v) is 3.23. The second-order valence-corrected chi connectivity index (χ2v) is 2.16. The first-order valence-electron chi connectivity index (χ1n) is 3.23. The zero-order valence-electron chi connectivity index (χ0n) is 7.06. The highest BCUT2D eigenvalue weighted by Gasteiger charge is 1.97. The van der Waals surface area contributed by atoms with E-state index in [0.29, 0.717) is 5.96 Å². The summed E-state index contributed by atoms with van der Waals surface area (Å²) < 4.78 is 0. The summed E-state index contributed by atoms with van der Waals surface area (Å²) in [6, 6.07) is 0. The molecule has 0 radical (unpaired) electrons. The van der Waals surface area contributed by atoms with E-state index in [-0.39, 0.29) is 5.91 Å². The Hall–Kier alpha value is -1.32. The van der Waals surface area contributed by atoms with Gasteiger partial charge in [-0.15, -0.1) is 0 Å². The van der Waals surface area contributed by atoms with Crippen molar-refractivity contribution in [2.24, 2.45) is 4.99 Å². The standard InChI is InChI=1S/C7H13N3O/c1-5(2)9-7(8-4)10-6(3)11/h1H2,2-4H3,(H2,8,9,10,11). The smallest absolute Gasteiger partial charge is 0.223 e. The van der Waals surface area contributed by atoms with E-state index < -0.39 is 0 Å². The fourth-order valence-electron chi connectivity index (χ4n) is 0.512. The summed E-state index contributed by atoms with van der Waals surface area (Å²) in [6.45, 7) is 6.81. The quantitative estimate of drug-likeness (QED) is 0.420. The minimum absolute atomic E-state index is 0.153. The van der Waals surface area contributed by atoms with E-state index in [1.807, 2.05) is 0 Å². The van der Waals surface area contributed by atoms with Gasteiger partial charge in [0.15, 0.2) is 0 Å². The van der Waals surface area contributed by atoms with Crippen LogP contribution in [0, 0.1) is 0 Å². The lowest BCUT2D eigenvalue weighted by atomic mass is 10.5. The van der Waals surface area contributed by atoms with Crippen LogP contribution in [0.5, 0.6) is 0 Å². The molecule has 0 aromatic carbocycles. The number of rotatable bonds is 1. The average molecular weight is 155 g/mol. The highest BCUT2D eigenvalue weighted by Crippen LogP contribution is 1.78. The number of amides is 1.